The molecule has 1 fully saturated rings. The first kappa shape index (κ1) is 32.3. The Labute approximate surface area is 254 Å². The molecular formula is C33H45N3O7. The second-order valence-corrected chi connectivity index (χ2v) is 12.2. The van der Waals surface area contributed by atoms with E-state index < -0.39 is 11.5 Å². The molecule has 2 aromatic carbocycles. The van der Waals surface area contributed by atoms with E-state index in [1.165, 1.54) is 0 Å². The molecule has 3 aliphatic rings. The molecule has 2 atom stereocenters. The Hall–Kier alpha value is -3.63. The van der Waals surface area contributed by atoms with Crippen molar-refractivity contribution in [3.05, 3.63) is 53.6 Å². The average molecular weight is 596 g/mol. The predicted molar refractivity (Wildman–Crippen MR) is 162 cm³/mol. The van der Waals surface area contributed by atoms with Crippen LogP contribution in [0.25, 0.3) is 0 Å². The number of piperidine rings is 1. The lowest BCUT2D eigenvalue weighted by atomic mass is 9.92. The molecule has 10 nitrogen and oxygen atoms in total. The summed E-state index contributed by atoms with van der Waals surface area (Å²) in [7, 11) is 3.20. The summed E-state index contributed by atoms with van der Waals surface area (Å²) >= 11 is 0. The third-order valence-corrected chi connectivity index (χ3v) is 7.73. The van der Waals surface area contributed by atoms with Crippen LogP contribution < -0.4 is 14.8 Å². The SMILES string of the molecule is COCCCN1CC(=O)N[C@H]2CN(C(=O)C(C)(C)C)CC[C@H]2OCc2cccc(c2)Oc2ccc(cc2OC)CCC1=O. The van der Waals surface area contributed by atoms with Gasteiger partial charge in [-0.25, -0.2) is 0 Å². The summed E-state index contributed by atoms with van der Waals surface area (Å²) < 4.78 is 23.3. The van der Waals surface area contributed by atoms with Crippen LogP contribution >= 0.6 is 0 Å². The van der Waals surface area contributed by atoms with Gasteiger partial charge < -0.3 is 34.1 Å². The molecule has 0 aliphatic carbocycles. The first-order valence-corrected chi connectivity index (χ1v) is 15.0. The van der Waals surface area contributed by atoms with E-state index in [4.69, 9.17) is 18.9 Å². The van der Waals surface area contributed by atoms with E-state index in [2.05, 4.69) is 5.32 Å². The highest BCUT2D eigenvalue weighted by Crippen LogP contribution is 2.33. The van der Waals surface area contributed by atoms with Crippen LogP contribution in [0.4, 0.5) is 0 Å². The number of amides is 3. The number of hydrogen-bond donors (Lipinski definition) is 1. The number of methoxy groups -OCH3 is 2. The second kappa shape index (κ2) is 14.7. The van der Waals surface area contributed by atoms with Crippen LogP contribution in [0.5, 0.6) is 17.2 Å². The number of aryl methyl sites for hydroxylation is 1. The van der Waals surface area contributed by atoms with E-state index in [-0.39, 0.29) is 36.8 Å². The van der Waals surface area contributed by atoms with Crippen LogP contribution in [-0.4, -0.2) is 86.7 Å². The number of benzene rings is 2. The quantitative estimate of drug-likeness (QED) is 0.522. The summed E-state index contributed by atoms with van der Waals surface area (Å²) in [5.74, 6) is 1.40. The summed E-state index contributed by atoms with van der Waals surface area (Å²) in [4.78, 5) is 43.3. The molecule has 43 heavy (non-hydrogen) atoms. The molecule has 2 aromatic rings. The molecule has 5 rings (SSSR count). The first-order chi connectivity index (χ1) is 20.6. The van der Waals surface area contributed by atoms with E-state index in [9.17, 15) is 14.4 Å². The Morgan fingerprint density at radius 3 is 2.63 bits per heavy atom. The van der Waals surface area contributed by atoms with E-state index >= 15 is 0 Å². The third kappa shape index (κ3) is 8.93. The number of fused-ring (bicyclic) bond motifs is 9. The third-order valence-electron chi connectivity index (χ3n) is 7.73. The zero-order valence-electron chi connectivity index (χ0n) is 26.0. The molecule has 0 aromatic heterocycles. The molecule has 10 heteroatoms. The zero-order chi connectivity index (χ0) is 31.0. The zero-order valence-corrected chi connectivity index (χ0v) is 26.0. The average Bonchev–Trinajstić information content (AvgIpc) is 2.98. The highest BCUT2D eigenvalue weighted by atomic mass is 16.5. The minimum absolute atomic E-state index is 0.0271. The van der Waals surface area contributed by atoms with Crippen molar-refractivity contribution >= 4 is 17.7 Å². The van der Waals surface area contributed by atoms with Gasteiger partial charge in [-0.1, -0.05) is 39.0 Å². The van der Waals surface area contributed by atoms with E-state index in [0.29, 0.717) is 69.4 Å². The summed E-state index contributed by atoms with van der Waals surface area (Å²) in [6, 6.07) is 12.9. The van der Waals surface area contributed by atoms with E-state index in [0.717, 1.165) is 11.1 Å². The minimum atomic E-state index is -0.543. The topological polar surface area (TPSA) is 107 Å². The van der Waals surface area contributed by atoms with Crippen molar-refractivity contribution in [2.45, 2.75) is 65.2 Å². The number of carbonyl (C=O) groups excluding carboxylic acids is 3. The van der Waals surface area contributed by atoms with Gasteiger partial charge in [0, 0.05) is 45.2 Å². The molecule has 0 saturated carbocycles. The van der Waals surface area contributed by atoms with Gasteiger partial charge >= 0.3 is 0 Å². The van der Waals surface area contributed by atoms with Crippen molar-refractivity contribution in [1.82, 2.24) is 15.1 Å². The van der Waals surface area contributed by atoms with Crippen LogP contribution in [0.1, 0.15) is 51.2 Å². The van der Waals surface area contributed by atoms with Crippen molar-refractivity contribution in [3.63, 3.8) is 0 Å². The second-order valence-electron chi connectivity index (χ2n) is 12.2. The van der Waals surface area contributed by atoms with Gasteiger partial charge in [0.2, 0.25) is 17.7 Å². The van der Waals surface area contributed by atoms with Gasteiger partial charge in [0.05, 0.1) is 32.4 Å². The summed E-state index contributed by atoms with van der Waals surface area (Å²) in [6.07, 6.45) is 1.58. The van der Waals surface area contributed by atoms with E-state index in [1.807, 2.05) is 63.2 Å². The van der Waals surface area contributed by atoms with Crippen LogP contribution in [-0.2, 0) is 36.9 Å². The van der Waals surface area contributed by atoms with Crippen LogP contribution in [0.2, 0.25) is 0 Å². The largest absolute Gasteiger partial charge is 0.493 e. The van der Waals surface area contributed by atoms with Gasteiger partial charge in [0.15, 0.2) is 11.5 Å². The maximum absolute atomic E-state index is 13.4. The van der Waals surface area contributed by atoms with Gasteiger partial charge in [-0.05, 0) is 54.7 Å². The Bertz CT molecular complexity index is 1280. The maximum atomic E-state index is 13.4. The number of nitrogens with zero attached hydrogens (tertiary/aromatic N) is 2. The van der Waals surface area contributed by atoms with Crippen LogP contribution in [0.3, 0.4) is 0 Å². The van der Waals surface area contributed by atoms with E-state index in [1.54, 1.807) is 24.0 Å². The van der Waals surface area contributed by atoms with Crippen molar-refractivity contribution in [2.75, 3.05) is 47.0 Å². The number of nitrogens with one attached hydrogen (secondary N) is 1. The highest BCUT2D eigenvalue weighted by Gasteiger charge is 2.37. The molecule has 3 aliphatic heterocycles. The molecular weight excluding hydrogens is 550 g/mol. The van der Waals surface area contributed by atoms with Crippen molar-refractivity contribution in [3.8, 4) is 17.2 Å². The number of rotatable bonds is 5. The molecule has 4 bridgehead atoms. The Morgan fingerprint density at radius 1 is 1.07 bits per heavy atom. The number of hydrogen-bond acceptors (Lipinski definition) is 7. The molecule has 0 unspecified atom stereocenters. The lowest BCUT2D eigenvalue weighted by Crippen LogP contribution is -2.59. The van der Waals surface area contributed by atoms with Crippen molar-refractivity contribution in [1.29, 1.82) is 0 Å². The van der Waals surface area contributed by atoms with Crippen molar-refractivity contribution < 1.29 is 33.3 Å². The van der Waals surface area contributed by atoms with Gasteiger partial charge in [0.25, 0.3) is 0 Å². The maximum Gasteiger partial charge on any atom is 0.239 e. The van der Waals surface area contributed by atoms with Crippen LogP contribution in [0, 0.1) is 5.41 Å². The summed E-state index contributed by atoms with van der Waals surface area (Å²) in [5.41, 5.74) is 1.30. The van der Waals surface area contributed by atoms with Gasteiger partial charge in [0.1, 0.15) is 5.75 Å². The molecule has 0 spiro atoms. The number of ether oxygens (including phenoxy) is 4. The standard InChI is InChI=1S/C33H45N3O7/c1-33(2,3)32(39)36-16-14-27-26(20-36)34-30(37)21-35(15-7-17-40-4)31(38)13-11-23-10-12-28(29(19-23)41-5)43-25-9-6-8-24(18-25)22-42-27/h6,8-10,12,18-19,26-27H,7,11,13-17,20-22H2,1-5H3,(H,34,37)/t26-,27+/m0/s1. The fraction of sp³-hybridized carbons (Fsp3) is 0.545. The number of carbonyl (C=O) groups is 3. The normalized spacial score (nSPS) is 20.3. The lowest BCUT2D eigenvalue weighted by Gasteiger charge is -2.41. The minimum Gasteiger partial charge on any atom is -0.493 e. The highest BCUT2D eigenvalue weighted by molar-refractivity contribution is 5.85. The fourth-order valence-electron chi connectivity index (χ4n) is 5.44. The Morgan fingerprint density at radius 2 is 1.88 bits per heavy atom. The first-order valence-electron chi connectivity index (χ1n) is 15.0. The Balaban J connectivity index is 1.62. The van der Waals surface area contributed by atoms with Crippen LogP contribution in [0.15, 0.2) is 42.5 Å². The molecule has 3 heterocycles. The number of likely N-dealkylation sites (tertiary alicyclic amines) is 1. The monoisotopic (exact) mass is 595 g/mol. The van der Waals surface area contributed by atoms with Gasteiger partial charge in [-0.3, -0.25) is 14.4 Å². The molecule has 234 valence electrons. The van der Waals surface area contributed by atoms with Gasteiger partial charge in [-0.2, -0.15) is 0 Å². The lowest BCUT2D eigenvalue weighted by molar-refractivity contribution is -0.145. The molecule has 3 amide bonds. The summed E-state index contributed by atoms with van der Waals surface area (Å²) in [6.45, 7) is 7.64. The van der Waals surface area contributed by atoms with Gasteiger partial charge in [-0.15, -0.1) is 0 Å². The molecule has 1 N–H and O–H groups in total. The van der Waals surface area contributed by atoms with Crippen molar-refractivity contribution in [2.24, 2.45) is 5.41 Å². The molecule has 1 saturated heterocycles. The Kier molecular flexibility index (Phi) is 11.0. The molecule has 0 radical (unpaired) electrons. The summed E-state index contributed by atoms with van der Waals surface area (Å²) in [5, 5.41) is 3.10. The smallest absolute Gasteiger partial charge is 0.239 e. The fourth-order valence-corrected chi connectivity index (χ4v) is 5.44. The predicted octanol–water partition coefficient (Wildman–Crippen LogP) is 3.95.